The molecule has 13 nitrogen and oxygen atoms in total. The lowest BCUT2D eigenvalue weighted by atomic mass is 9.98. The van der Waals surface area contributed by atoms with Gasteiger partial charge in [0, 0.05) is 48.9 Å². The van der Waals surface area contributed by atoms with Crippen LogP contribution in [0.5, 0.6) is 23.3 Å². The number of aromatic nitrogens is 2. The van der Waals surface area contributed by atoms with Gasteiger partial charge in [0.1, 0.15) is 34.8 Å². The van der Waals surface area contributed by atoms with Gasteiger partial charge in [0.15, 0.2) is 17.3 Å². The van der Waals surface area contributed by atoms with Gasteiger partial charge in [-0.2, -0.15) is 0 Å². The molecule has 12 rings (SSSR count). The lowest BCUT2D eigenvalue weighted by molar-refractivity contribution is 0.0353. The number of cyclic esters (lactones) is 3. The van der Waals surface area contributed by atoms with Gasteiger partial charge in [0.05, 0.1) is 57.1 Å². The summed E-state index contributed by atoms with van der Waals surface area (Å²) in [4.78, 5) is 84.7. The molecule has 3 unspecified atom stereocenters. The smallest absolute Gasteiger partial charge is 0.339 e. The van der Waals surface area contributed by atoms with E-state index in [1.807, 2.05) is 72.8 Å². The maximum Gasteiger partial charge on any atom is 0.339 e. The third-order valence-corrected chi connectivity index (χ3v) is 15.9. The number of Topliss-reactive ketones (excluding diaryl/α,β-unsaturated/α-hetero) is 3. The zero-order chi connectivity index (χ0) is 57.3. The Hall–Kier alpha value is -8.44. The molecule has 0 saturated carbocycles. The fourth-order valence-corrected chi connectivity index (χ4v) is 11.0. The van der Waals surface area contributed by atoms with Crippen molar-refractivity contribution in [3.8, 4) is 23.3 Å². The minimum absolute atomic E-state index is 0.0198. The van der Waals surface area contributed by atoms with Gasteiger partial charge in [0.2, 0.25) is 11.8 Å². The van der Waals surface area contributed by atoms with Gasteiger partial charge in [-0.15, -0.1) is 0 Å². The average Bonchev–Trinajstić information content (AvgIpc) is 4.30. The Bertz CT molecular complexity index is 3960. The molecular weight excluding hydrogens is 1190 g/mol. The summed E-state index contributed by atoms with van der Waals surface area (Å²) < 4.78 is 28.5. The molecule has 0 saturated heterocycles. The number of halogens is 4. The van der Waals surface area contributed by atoms with E-state index in [1.165, 1.54) is 18.0 Å². The number of nitrogens with zero attached hydrogens (tertiary/aromatic N) is 2. The maximum atomic E-state index is 13.0. The number of hydrogen-bond donors (Lipinski definition) is 0. The second-order valence-electron chi connectivity index (χ2n) is 18.3. The second kappa shape index (κ2) is 26.0. The third kappa shape index (κ3) is 13.2. The first-order valence-corrected chi connectivity index (χ1v) is 28.0. The van der Waals surface area contributed by atoms with E-state index in [0.29, 0.717) is 54.9 Å². The number of carbonyl (C=O) groups is 6. The molecule has 9 aromatic rings. The van der Waals surface area contributed by atoms with Crippen LogP contribution in [0.25, 0.3) is 0 Å². The normalized spacial score (nSPS) is 15.2. The molecule has 7 aromatic carbocycles. The van der Waals surface area contributed by atoms with Crippen LogP contribution in [0.1, 0.15) is 116 Å². The van der Waals surface area contributed by atoms with Gasteiger partial charge >= 0.3 is 17.9 Å². The first kappa shape index (κ1) is 56.8. The summed E-state index contributed by atoms with van der Waals surface area (Å²) in [7, 11) is 0. The van der Waals surface area contributed by atoms with Crippen LogP contribution < -0.4 is 9.47 Å². The van der Waals surface area contributed by atoms with Crippen LogP contribution in [0.3, 0.4) is 0 Å². The van der Waals surface area contributed by atoms with Crippen LogP contribution >= 0.6 is 62.5 Å². The minimum atomic E-state index is -0.640. The first-order chi connectivity index (χ1) is 39.8. The monoisotopic (exact) mass is 1230 g/mol. The van der Waals surface area contributed by atoms with Crippen molar-refractivity contribution in [3.05, 3.63) is 270 Å². The molecule has 3 aliphatic heterocycles. The summed E-state index contributed by atoms with van der Waals surface area (Å²) >= 11 is 23.3. The van der Waals surface area contributed by atoms with E-state index in [1.54, 1.807) is 121 Å². The van der Waals surface area contributed by atoms with Crippen LogP contribution in [0.2, 0.25) is 15.1 Å². The lowest BCUT2D eigenvalue weighted by Crippen LogP contribution is -2.09. The Morgan fingerprint density at radius 2 is 0.890 bits per heavy atom. The fraction of sp³-hybridized carbons (Fsp3) is 0.0938. The van der Waals surface area contributed by atoms with E-state index in [0.717, 1.165) is 25.4 Å². The van der Waals surface area contributed by atoms with Crippen molar-refractivity contribution in [1.82, 2.24) is 9.97 Å². The molecule has 0 N–H and O–H groups in total. The predicted molar refractivity (Wildman–Crippen MR) is 312 cm³/mol. The summed E-state index contributed by atoms with van der Waals surface area (Å²) in [5.74, 6) is -0.566. The molecule has 18 heteroatoms. The highest BCUT2D eigenvalue weighted by atomic mass is 79.9. The molecule has 0 spiro atoms. The fourth-order valence-electron chi connectivity index (χ4n) is 9.06. The largest absolute Gasteiger partial charge is 0.453 e. The van der Waals surface area contributed by atoms with Crippen molar-refractivity contribution in [3.63, 3.8) is 0 Å². The van der Waals surface area contributed by atoms with Gasteiger partial charge in [-0.3, -0.25) is 14.4 Å². The Balaban J connectivity index is 0.000000138. The summed E-state index contributed by atoms with van der Waals surface area (Å²) in [6.45, 7) is 0. The molecule has 0 radical (unpaired) electrons. The van der Waals surface area contributed by atoms with Gasteiger partial charge in [-0.25, -0.2) is 24.4 Å². The predicted octanol–water partition coefficient (Wildman–Crippen LogP) is 16.8. The molecule has 82 heavy (non-hydrogen) atoms. The number of pyridine rings is 2. The zero-order valence-corrected chi connectivity index (χ0v) is 47.4. The van der Waals surface area contributed by atoms with E-state index in [2.05, 4.69) is 25.9 Å². The molecule has 408 valence electrons. The summed E-state index contributed by atoms with van der Waals surface area (Å²) in [5.41, 5.74) is 4.93. The Morgan fingerprint density at radius 3 is 1.41 bits per heavy atom. The molecule has 0 fully saturated rings. The highest BCUT2D eigenvalue weighted by molar-refractivity contribution is 9.10. The van der Waals surface area contributed by atoms with E-state index in [-0.39, 0.29) is 64.9 Å². The number of hydrogen-bond acceptors (Lipinski definition) is 14. The first-order valence-electron chi connectivity index (χ1n) is 25.3. The number of ketones is 3. The minimum Gasteiger partial charge on any atom is -0.453 e. The van der Waals surface area contributed by atoms with E-state index < -0.39 is 30.3 Å². The van der Waals surface area contributed by atoms with Crippen molar-refractivity contribution in [1.29, 1.82) is 0 Å². The van der Waals surface area contributed by atoms with Crippen LogP contribution in [0.4, 0.5) is 0 Å². The zero-order valence-electron chi connectivity index (χ0n) is 42.7. The summed E-state index contributed by atoms with van der Waals surface area (Å²) in [5, 5.41) is 1.20. The number of esters is 3. The SMILES string of the molecule is O=C(CC1OC(=O)c2ccccc21)c1ccccc1Sc1ccccc1Cl.O=C1OC(CC(=O)c2cccnc2Oc2cccc(Br)c2)c2ccccc21.O=C1OC(CC(=O)c2cccnc2Oc2cccc(Cl)c2Cl)c2ccccc21. The number of fused-ring (bicyclic) bond motifs is 3. The lowest BCUT2D eigenvalue weighted by Gasteiger charge is -2.13. The molecule has 0 aliphatic carbocycles. The van der Waals surface area contributed by atoms with E-state index >= 15 is 0 Å². The molecule has 0 bridgehead atoms. The van der Waals surface area contributed by atoms with Gasteiger partial charge < -0.3 is 23.7 Å². The molecule has 3 aliphatic rings. The van der Waals surface area contributed by atoms with Crippen molar-refractivity contribution >= 4 is 97.8 Å². The molecule has 3 atom stereocenters. The van der Waals surface area contributed by atoms with Crippen molar-refractivity contribution < 1.29 is 52.5 Å². The number of ether oxygens (including phenoxy) is 5. The number of carbonyl (C=O) groups excluding carboxylic acids is 6. The van der Waals surface area contributed by atoms with Crippen molar-refractivity contribution in [2.75, 3.05) is 0 Å². The molecule has 0 amide bonds. The number of rotatable bonds is 15. The Labute approximate surface area is 497 Å². The Morgan fingerprint density at radius 1 is 0.463 bits per heavy atom. The highest BCUT2D eigenvalue weighted by Crippen LogP contribution is 2.41. The molecule has 5 heterocycles. The van der Waals surface area contributed by atoms with E-state index in [9.17, 15) is 28.8 Å². The summed E-state index contributed by atoms with van der Waals surface area (Å²) in [6, 6.07) is 55.1. The van der Waals surface area contributed by atoms with Crippen LogP contribution in [-0.4, -0.2) is 45.2 Å². The van der Waals surface area contributed by atoms with Gasteiger partial charge in [-0.05, 0) is 91.0 Å². The Kier molecular flexibility index (Phi) is 18.0. The van der Waals surface area contributed by atoms with Crippen molar-refractivity contribution in [2.24, 2.45) is 0 Å². The number of benzene rings is 7. The quantitative estimate of drug-likeness (QED) is 0.0538. The molecular formula is C64H42BrCl3N2O11S. The second-order valence-corrected chi connectivity index (χ2v) is 21.5. The average molecular weight is 1230 g/mol. The van der Waals surface area contributed by atoms with Gasteiger partial charge in [-0.1, -0.05) is 160 Å². The summed E-state index contributed by atoms with van der Waals surface area (Å²) in [6.07, 6.45) is 1.42. The van der Waals surface area contributed by atoms with Gasteiger partial charge in [0.25, 0.3) is 0 Å². The van der Waals surface area contributed by atoms with Crippen molar-refractivity contribution in [2.45, 2.75) is 47.4 Å². The topological polar surface area (TPSA) is 174 Å². The van der Waals surface area contributed by atoms with E-state index in [4.69, 9.17) is 58.5 Å². The van der Waals surface area contributed by atoms with Crippen LogP contribution in [-0.2, 0) is 14.2 Å². The standard InChI is InChI=1S/C22H15ClO3S.C21H14BrNO4.C21H13Cl2NO4/c23-17-10-4-6-12-21(17)27-20-11-5-3-9-16(20)18(24)13-19-14-7-1-2-8-15(14)22(25)26-19;22-13-5-3-6-14(11-13)26-20-17(9-4-10-23-20)18(24)12-19-15-7-1-2-8-16(15)21(25)27-19;22-15-8-3-9-17(19(15)23)27-20-14(7-4-10-24-20)16(25)11-18-12-5-1-2-6-13(12)21(26)28-18/h1-12,19H,13H2;1-11,19H,12H2;1-10,18H,11H2. The maximum absolute atomic E-state index is 13.0. The van der Waals surface area contributed by atoms with Crippen LogP contribution in [0, 0.1) is 0 Å². The highest BCUT2D eigenvalue weighted by Gasteiger charge is 2.36. The molecule has 2 aromatic heterocycles. The third-order valence-electron chi connectivity index (χ3n) is 13.0. The van der Waals surface area contributed by atoms with Crippen LogP contribution in [0.15, 0.2) is 215 Å².